The molecule has 0 aliphatic carbocycles. The molecule has 2 aromatic carbocycles. The average Bonchev–Trinajstić information content (AvgIpc) is 3.58. The predicted octanol–water partition coefficient (Wildman–Crippen LogP) is 6.58. The molecule has 2 saturated heterocycles. The summed E-state index contributed by atoms with van der Waals surface area (Å²) >= 11 is 11.7. The first-order valence-corrected chi connectivity index (χ1v) is 14.4. The maximum atomic E-state index is 14.4. The third kappa shape index (κ3) is 11.3. The van der Waals surface area contributed by atoms with Gasteiger partial charge in [0, 0.05) is 37.2 Å². The van der Waals surface area contributed by atoms with E-state index in [1.54, 1.807) is 12.1 Å². The fourth-order valence-electron chi connectivity index (χ4n) is 4.67. The number of hydrogen-bond acceptors (Lipinski definition) is 4. The molecule has 10 heteroatoms. The first kappa shape index (κ1) is 33.9. The van der Waals surface area contributed by atoms with Gasteiger partial charge in [0.15, 0.2) is 0 Å². The van der Waals surface area contributed by atoms with E-state index in [4.69, 9.17) is 23.2 Å². The van der Waals surface area contributed by atoms with Gasteiger partial charge in [0.1, 0.15) is 11.6 Å². The molecular weight excluding hydrogens is 557 g/mol. The third-order valence-electron chi connectivity index (χ3n) is 6.38. The SMILES string of the molecule is CC(C)(C)C.O=CNCCCN1CCCC1.O=CNc1cc(Cl)c(F)cc1C1CNCC1c1cccc(Cl)c1F. The van der Waals surface area contributed by atoms with Crippen LogP contribution in [0.15, 0.2) is 30.3 Å². The second-order valence-corrected chi connectivity index (χ2v) is 12.4. The quantitative estimate of drug-likeness (QED) is 0.225. The molecule has 2 unspecified atom stereocenters. The molecule has 2 aliphatic heterocycles. The lowest BCUT2D eigenvalue weighted by Gasteiger charge is -2.23. The molecule has 40 heavy (non-hydrogen) atoms. The van der Waals surface area contributed by atoms with Crippen LogP contribution in [-0.2, 0) is 9.59 Å². The molecule has 3 N–H and O–H groups in total. The van der Waals surface area contributed by atoms with E-state index in [9.17, 15) is 18.4 Å². The van der Waals surface area contributed by atoms with Gasteiger partial charge >= 0.3 is 0 Å². The maximum absolute atomic E-state index is 14.4. The van der Waals surface area contributed by atoms with Crippen LogP contribution < -0.4 is 16.0 Å². The van der Waals surface area contributed by atoms with E-state index in [0.717, 1.165) is 25.9 Å². The van der Waals surface area contributed by atoms with E-state index in [2.05, 4.69) is 48.5 Å². The monoisotopic (exact) mass is 598 g/mol. The minimum Gasteiger partial charge on any atom is -0.359 e. The second kappa shape index (κ2) is 16.9. The molecule has 2 amide bonds. The summed E-state index contributed by atoms with van der Waals surface area (Å²) in [5.74, 6) is -1.53. The number of rotatable bonds is 9. The molecule has 0 bridgehead atoms. The molecule has 2 aromatic rings. The van der Waals surface area contributed by atoms with Crippen LogP contribution >= 0.6 is 23.2 Å². The lowest BCUT2D eigenvalue weighted by Crippen LogP contribution is -2.24. The van der Waals surface area contributed by atoms with Crippen molar-refractivity contribution >= 4 is 41.7 Å². The van der Waals surface area contributed by atoms with E-state index in [0.29, 0.717) is 41.7 Å². The highest BCUT2D eigenvalue weighted by atomic mass is 35.5. The van der Waals surface area contributed by atoms with E-state index >= 15 is 0 Å². The minimum absolute atomic E-state index is 0.0478. The third-order valence-corrected chi connectivity index (χ3v) is 6.96. The van der Waals surface area contributed by atoms with Crippen molar-refractivity contribution in [3.63, 3.8) is 0 Å². The van der Waals surface area contributed by atoms with E-state index < -0.39 is 11.6 Å². The summed E-state index contributed by atoms with van der Waals surface area (Å²) in [6, 6.07) is 7.50. The largest absolute Gasteiger partial charge is 0.359 e. The van der Waals surface area contributed by atoms with E-state index in [1.807, 2.05) is 0 Å². The van der Waals surface area contributed by atoms with Gasteiger partial charge in [-0.3, -0.25) is 9.59 Å². The fraction of sp³-hybridized carbons (Fsp3) is 0.533. The molecule has 0 saturated carbocycles. The minimum atomic E-state index is -0.583. The lowest BCUT2D eigenvalue weighted by atomic mass is 9.83. The standard InChI is InChI=1S/C17H14Cl2F2N2O.C8H16N2O.C5H12/c18-13-3-1-2-9(17(13)21)11-6-22-7-12(11)10-4-15(20)14(19)5-16(10)23-8-24;11-8-9-4-3-7-10-5-1-2-6-10;1-5(2,3)4/h1-5,8,11-12,22H,6-7H2,(H,23,24);8H,1-7H2,(H,9,11);1-4H3. The van der Waals surface area contributed by atoms with Crippen LogP contribution in [0.4, 0.5) is 14.5 Å². The van der Waals surface area contributed by atoms with Gasteiger partial charge in [-0.25, -0.2) is 8.78 Å². The summed E-state index contributed by atoms with van der Waals surface area (Å²) in [6.07, 6.45) is 5.05. The predicted molar refractivity (Wildman–Crippen MR) is 160 cm³/mol. The van der Waals surface area contributed by atoms with Gasteiger partial charge in [0.05, 0.1) is 10.0 Å². The topological polar surface area (TPSA) is 73.5 Å². The number of likely N-dealkylation sites (tertiary alicyclic amines) is 1. The highest BCUT2D eigenvalue weighted by Crippen LogP contribution is 2.42. The molecular formula is C30H42Cl2F2N4O2. The number of amides is 2. The van der Waals surface area contributed by atoms with Gasteiger partial charge in [0.2, 0.25) is 12.8 Å². The number of carbonyl (C=O) groups excluding carboxylic acids is 2. The maximum Gasteiger partial charge on any atom is 0.211 e. The molecule has 2 fully saturated rings. The van der Waals surface area contributed by atoms with Crippen molar-refractivity contribution in [2.75, 3.05) is 44.6 Å². The summed E-state index contributed by atoms with van der Waals surface area (Å²) < 4.78 is 28.4. The van der Waals surface area contributed by atoms with Crippen LogP contribution in [0.2, 0.25) is 10.0 Å². The van der Waals surface area contributed by atoms with Crippen LogP contribution in [0, 0.1) is 17.0 Å². The van der Waals surface area contributed by atoms with Crippen molar-refractivity contribution in [3.8, 4) is 0 Å². The van der Waals surface area contributed by atoms with Gasteiger partial charge in [0.25, 0.3) is 0 Å². The summed E-state index contributed by atoms with van der Waals surface area (Å²) in [5.41, 5.74) is 1.95. The average molecular weight is 600 g/mol. The molecule has 0 spiro atoms. The molecule has 2 atom stereocenters. The first-order valence-electron chi connectivity index (χ1n) is 13.7. The highest BCUT2D eigenvalue weighted by Gasteiger charge is 2.34. The van der Waals surface area contributed by atoms with Crippen LogP contribution in [0.1, 0.15) is 69.9 Å². The Balaban J connectivity index is 0.000000290. The lowest BCUT2D eigenvalue weighted by molar-refractivity contribution is -0.109. The van der Waals surface area contributed by atoms with Crippen LogP contribution in [-0.4, -0.2) is 57.0 Å². The summed E-state index contributed by atoms with van der Waals surface area (Å²) in [4.78, 5) is 23.2. The Morgan fingerprint density at radius 1 is 0.975 bits per heavy atom. The zero-order valence-corrected chi connectivity index (χ0v) is 25.3. The summed E-state index contributed by atoms with van der Waals surface area (Å²) in [7, 11) is 0. The van der Waals surface area contributed by atoms with Crippen molar-refractivity contribution in [2.45, 2.75) is 58.8 Å². The smallest absolute Gasteiger partial charge is 0.211 e. The molecule has 6 nitrogen and oxygen atoms in total. The summed E-state index contributed by atoms with van der Waals surface area (Å²) in [6.45, 7) is 14.3. The van der Waals surface area contributed by atoms with Crippen molar-refractivity contribution < 1.29 is 18.4 Å². The molecule has 222 valence electrons. The van der Waals surface area contributed by atoms with Crippen LogP contribution in [0.5, 0.6) is 0 Å². The Labute approximate surface area is 247 Å². The van der Waals surface area contributed by atoms with Crippen molar-refractivity contribution in [1.29, 1.82) is 0 Å². The number of hydrogen-bond donors (Lipinski definition) is 3. The molecule has 2 heterocycles. The van der Waals surface area contributed by atoms with Gasteiger partial charge in [-0.15, -0.1) is 0 Å². The first-order chi connectivity index (χ1) is 19.0. The zero-order chi connectivity index (χ0) is 29.7. The number of nitrogens with one attached hydrogen (secondary N) is 3. The van der Waals surface area contributed by atoms with Gasteiger partial charge < -0.3 is 20.9 Å². The number of halogens is 4. The van der Waals surface area contributed by atoms with Gasteiger partial charge in [-0.1, -0.05) is 63.0 Å². The number of benzene rings is 2. The Bertz CT molecular complexity index is 1090. The Hall–Kier alpha value is -2.26. The zero-order valence-electron chi connectivity index (χ0n) is 23.8. The number of nitrogens with zero attached hydrogens (tertiary/aromatic N) is 1. The van der Waals surface area contributed by atoms with Crippen molar-refractivity contribution in [2.24, 2.45) is 5.41 Å². The van der Waals surface area contributed by atoms with Crippen molar-refractivity contribution in [1.82, 2.24) is 15.5 Å². The Morgan fingerprint density at radius 3 is 2.20 bits per heavy atom. The van der Waals surface area contributed by atoms with Gasteiger partial charge in [-0.2, -0.15) is 0 Å². The van der Waals surface area contributed by atoms with Gasteiger partial charge in [-0.05, 0) is 73.6 Å². The van der Waals surface area contributed by atoms with Crippen LogP contribution in [0.3, 0.4) is 0 Å². The number of carbonyl (C=O) groups is 2. The van der Waals surface area contributed by atoms with Crippen molar-refractivity contribution in [3.05, 3.63) is 63.1 Å². The molecule has 0 radical (unpaired) electrons. The second-order valence-electron chi connectivity index (χ2n) is 11.6. The van der Waals surface area contributed by atoms with E-state index in [1.165, 1.54) is 44.1 Å². The fourth-order valence-corrected chi connectivity index (χ4v) is 5.01. The normalized spacial score (nSPS) is 18.7. The number of anilines is 1. The highest BCUT2D eigenvalue weighted by molar-refractivity contribution is 6.31. The van der Waals surface area contributed by atoms with Crippen LogP contribution in [0.25, 0.3) is 0 Å². The Morgan fingerprint density at radius 2 is 1.60 bits per heavy atom. The molecule has 0 aromatic heterocycles. The summed E-state index contributed by atoms with van der Waals surface area (Å²) in [5, 5.41) is 8.36. The Kier molecular flexibility index (Phi) is 14.3. The van der Waals surface area contributed by atoms with E-state index in [-0.39, 0.29) is 21.9 Å². The molecule has 2 aliphatic rings. The molecule has 4 rings (SSSR count).